The number of carbonyl (C=O) groups is 4. The Bertz CT molecular complexity index is 927. The topological polar surface area (TPSA) is 178 Å². The summed E-state index contributed by atoms with van der Waals surface area (Å²) in [5, 5.41) is 29.3. The van der Waals surface area contributed by atoms with Gasteiger partial charge in [0.1, 0.15) is 12.1 Å². The standard InChI is InChI=1S/C18H22N2O9S/c21-15(22)5-1-3-13(17(24)25)19-16(23)11-6-8-12(9-7-11)30(28,29)20-10-2-4-14(20)18(26)27/h6-9,13-14H,1-5,10H2,(H,19,23)(H,21,22)(H,24,25)(H,26,27)/t13-,14+/m0/s1. The highest BCUT2D eigenvalue weighted by atomic mass is 32.2. The minimum Gasteiger partial charge on any atom is -0.481 e. The largest absolute Gasteiger partial charge is 0.481 e. The van der Waals surface area contributed by atoms with E-state index in [0.29, 0.717) is 6.42 Å². The minimum absolute atomic E-state index is 0.00893. The maximum atomic E-state index is 12.7. The predicted octanol–water partition coefficient (Wildman–Crippen LogP) is 0.362. The molecule has 11 nitrogen and oxygen atoms in total. The van der Waals surface area contributed by atoms with E-state index in [9.17, 15) is 37.8 Å². The molecule has 2 atom stereocenters. The highest BCUT2D eigenvalue weighted by Gasteiger charge is 2.39. The number of nitrogens with zero attached hydrogens (tertiary/aromatic N) is 1. The summed E-state index contributed by atoms with van der Waals surface area (Å²) >= 11 is 0. The van der Waals surface area contributed by atoms with Crippen LogP contribution in [0.5, 0.6) is 0 Å². The summed E-state index contributed by atoms with van der Waals surface area (Å²) in [5.74, 6) is -4.38. The van der Waals surface area contributed by atoms with Crippen molar-refractivity contribution in [3.05, 3.63) is 29.8 Å². The maximum Gasteiger partial charge on any atom is 0.326 e. The fraction of sp³-hybridized carbons (Fsp3) is 0.444. The van der Waals surface area contributed by atoms with Crippen molar-refractivity contribution in [3.63, 3.8) is 0 Å². The second-order valence-corrected chi connectivity index (χ2v) is 8.68. The zero-order chi connectivity index (χ0) is 22.5. The van der Waals surface area contributed by atoms with Crippen LogP contribution in [0.3, 0.4) is 0 Å². The Kier molecular flexibility index (Phi) is 7.51. The first kappa shape index (κ1) is 23.3. The molecule has 12 heteroatoms. The monoisotopic (exact) mass is 442 g/mol. The third kappa shape index (κ3) is 5.54. The van der Waals surface area contributed by atoms with Crippen molar-refractivity contribution in [2.24, 2.45) is 0 Å². The van der Waals surface area contributed by atoms with Crippen LogP contribution in [0.1, 0.15) is 42.5 Å². The molecule has 1 aliphatic heterocycles. The van der Waals surface area contributed by atoms with E-state index < -0.39 is 45.9 Å². The number of rotatable bonds is 10. The Morgan fingerprint density at radius 3 is 2.27 bits per heavy atom. The predicted molar refractivity (Wildman–Crippen MR) is 101 cm³/mol. The van der Waals surface area contributed by atoms with Gasteiger partial charge in [0, 0.05) is 18.5 Å². The first-order chi connectivity index (χ1) is 14.0. The second-order valence-electron chi connectivity index (χ2n) is 6.79. The van der Waals surface area contributed by atoms with E-state index in [1.54, 1.807) is 0 Å². The Labute approximate surface area is 172 Å². The van der Waals surface area contributed by atoms with Crippen LogP contribution in [0, 0.1) is 0 Å². The van der Waals surface area contributed by atoms with E-state index in [1.807, 2.05) is 0 Å². The molecule has 164 valence electrons. The molecule has 0 saturated carbocycles. The molecule has 0 spiro atoms. The van der Waals surface area contributed by atoms with E-state index >= 15 is 0 Å². The molecule has 2 rings (SSSR count). The Morgan fingerprint density at radius 1 is 1.10 bits per heavy atom. The van der Waals surface area contributed by atoms with Gasteiger partial charge in [-0.15, -0.1) is 0 Å². The summed E-state index contributed by atoms with van der Waals surface area (Å²) in [6.45, 7) is 0.0815. The molecule has 0 unspecified atom stereocenters. The summed E-state index contributed by atoms with van der Waals surface area (Å²) in [7, 11) is -4.06. The van der Waals surface area contributed by atoms with Gasteiger partial charge >= 0.3 is 17.9 Å². The van der Waals surface area contributed by atoms with Gasteiger partial charge in [0.15, 0.2) is 0 Å². The number of amides is 1. The van der Waals surface area contributed by atoms with Gasteiger partial charge in [-0.1, -0.05) is 0 Å². The fourth-order valence-corrected chi connectivity index (χ4v) is 4.80. The third-order valence-corrected chi connectivity index (χ3v) is 6.62. The Morgan fingerprint density at radius 2 is 1.73 bits per heavy atom. The molecule has 1 aromatic carbocycles. The van der Waals surface area contributed by atoms with Gasteiger partial charge in [0.2, 0.25) is 10.0 Å². The molecule has 0 aromatic heterocycles. The van der Waals surface area contributed by atoms with Crippen LogP contribution in [-0.4, -0.2) is 70.5 Å². The molecular formula is C18H22N2O9S. The van der Waals surface area contributed by atoms with Gasteiger partial charge in [0.25, 0.3) is 5.91 Å². The maximum absolute atomic E-state index is 12.7. The first-order valence-corrected chi connectivity index (χ1v) is 10.6. The lowest BCUT2D eigenvalue weighted by Gasteiger charge is -2.21. The quantitative estimate of drug-likeness (QED) is 0.398. The highest BCUT2D eigenvalue weighted by Crippen LogP contribution is 2.26. The molecule has 4 N–H and O–H groups in total. The second kappa shape index (κ2) is 9.67. The molecule has 1 fully saturated rings. The number of aliphatic carboxylic acids is 3. The molecule has 1 aliphatic rings. The minimum atomic E-state index is -4.06. The van der Waals surface area contributed by atoms with Crippen molar-refractivity contribution in [2.45, 2.75) is 49.1 Å². The third-order valence-electron chi connectivity index (χ3n) is 4.70. The molecule has 30 heavy (non-hydrogen) atoms. The smallest absolute Gasteiger partial charge is 0.326 e. The number of sulfonamides is 1. The number of carboxylic acid groups (broad SMARTS) is 3. The van der Waals surface area contributed by atoms with Gasteiger partial charge in [-0.3, -0.25) is 14.4 Å². The van der Waals surface area contributed by atoms with Crippen molar-refractivity contribution in [3.8, 4) is 0 Å². The van der Waals surface area contributed by atoms with Crippen LogP contribution in [0.2, 0.25) is 0 Å². The van der Waals surface area contributed by atoms with Gasteiger partial charge in [-0.2, -0.15) is 4.31 Å². The fourth-order valence-electron chi connectivity index (χ4n) is 3.14. The summed E-state index contributed by atoms with van der Waals surface area (Å²) in [6, 6.07) is 2.28. The Hall–Kier alpha value is -2.99. The zero-order valence-corrected chi connectivity index (χ0v) is 16.7. The van der Waals surface area contributed by atoms with Crippen LogP contribution in [0.15, 0.2) is 29.2 Å². The number of hydrogen-bond donors (Lipinski definition) is 4. The lowest BCUT2D eigenvalue weighted by Crippen LogP contribution is -2.41. The number of nitrogens with one attached hydrogen (secondary N) is 1. The van der Waals surface area contributed by atoms with Crippen molar-refractivity contribution in [1.29, 1.82) is 0 Å². The van der Waals surface area contributed by atoms with Crippen molar-refractivity contribution >= 4 is 33.8 Å². The average Bonchev–Trinajstić information content (AvgIpc) is 3.18. The molecule has 0 bridgehead atoms. The number of carbonyl (C=O) groups excluding carboxylic acids is 1. The summed E-state index contributed by atoms with van der Waals surface area (Å²) in [6.07, 6.45) is 0.387. The van der Waals surface area contributed by atoms with Crippen molar-refractivity contribution < 1.29 is 42.9 Å². The molecule has 1 heterocycles. The first-order valence-electron chi connectivity index (χ1n) is 9.14. The molecule has 0 aliphatic carbocycles. The van der Waals surface area contributed by atoms with Gasteiger partial charge in [-0.05, 0) is 49.9 Å². The van der Waals surface area contributed by atoms with Gasteiger partial charge in [0.05, 0.1) is 4.90 Å². The van der Waals surface area contributed by atoms with Crippen molar-refractivity contribution in [2.75, 3.05) is 6.54 Å². The van der Waals surface area contributed by atoms with E-state index in [0.717, 1.165) is 16.4 Å². The van der Waals surface area contributed by atoms with E-state index in [-0.39, 0.29) is 42.7 Å². The van der Waals surface area contributed by atoms with Crippen LogP contribution in [0.4, 0.5) is 0 Å². The van der Waals surface area contributed by atoms with E-state index in [4.69, 9.17) is 5.11 Å². The summed E-state index contributed by atoms with van der Waals surface area (Å²) in [5.41, 5.74) is 0.00893. The van der Waals surface area contributed by atoms with Gasteiger partial charge < -0.3 is 20.6 Å². The average molecular weight is 442 g/mol. The number of benzene rings is 1. The van der Waals surface area contributed by atoms with Gasteiger partial charge in [-0.25, -0.2) is 13.2 Å². The summed E-state index contributed by atoms with van der Waals surface area (Å²) < 4.78 is 26.3. The van der Waals surface area contributed by atoms with Crippen LogP contribution in [-0.2, 0) is 24.4 Å². The van der Waals surface area contributed by atoms with E-state index in [1.165, 1.54) is 12.1 Å². The zero-order valence-electron chi connectivity index (χ0n) is 15.9. The molecule has 1 saturated heterocycles. The SMILES string of the molecule is O=C(O)CCC[C@H](NC(=O)c1ccc(S(=O)(=O)N2CCC[C@@H]2C(=O)O)cc1)C(=O)O. The van der Waals surface area contributed by atoms with E-state index in [2.05, 4.69) is 5.32 Å². The van der Waals surface area contributed by atoms with Crippen LogP contribution >= 0.6 is 0 Å². The van der Waals surface area contributed by atoms with Crippen molar-refractivity contribution in [1.82, 2.24) is 9.62 Å². The molecule has 1 amide bonds. The highest BCUT2D eigenvalue weighted by molar-refractivity contribution is 7.89. The lowest BCUT2D eigenvalue weighted by atomic mass is 10.1. The molecule has 0 radical (unpaired) electrons. The normalized spacial score (nSPS) is 17.9. The van der Waals surface area contributed by atoms with Crippen LogP contribution in [0.25, 0.3) is 0 Å². The molecular weight excluding hydrogens is 420 g/mol. The van der Waals surface area contributed by atoms with Crippen LogP contribution < -0.4 is 5.32 Å². The number of carboxylic acids is 3. The number of hydrogen-bond acceptors (Lipinski definition) is 6. The lowest BCUT2D eigenvalue weighted by molar-refractivity contribution is -0.141. The molecule has 1 aromatic rings. The Balaban J connectivity index is 2.10. The summed E-state index contributed by atoms with van der Waals surface area (Å²) in [4.78, 5) is 45.2.